The number of nitrogens with one attached hydrogen (secondary N) is 1. The van der Waals surface area contributed by atoms with Crippen molar-refractivity contribution in [1.82, 2.24) is 5.32 Å². The van der Waals surface area contributed by atoms with Crippen LogP contribution in [0.25, 0.3) is 0 Å². The summed E-state index contributed by atoms with van der Waals surface area (Å²) in [6, 6.07) is 11.6. The Bertz CT molecular complexity index is 777. The zero-order valence-electron chi connectivity index (χ0n) is 13.4. The first-order valence-corrected chi connectivity index (χ1v) is 8.48. The summed E-state index contributed by atoms with van der Waals surface area (Å²) in [5.74, 6) is 0.380. The monoisotopic (exact) mass is 363 g/mol. The second kappa shape index (κ2) is 7.43. The molecule has 0 saturated carbocycles. The van der Waals surface area contributed by atoms with Crippen LogP contribution in [0.1, 0.15) is 35.2 Å². The van der Waals surface area contributed by atoms with Crippen LogP contribution in [0, 0.1) is 0 Å². The van der Waals surface area contributed by atoms with Crippen LogP contribution in [0.2, 0.25) is 10.0 Å². The molecule has 0 aromatic heterocycles. The first kappa shape index (κ1) is 17.1. The maximum Gasteiger partial charge on any atom is 0.189 e. The number of guanidine groups is 1. The Morgan fingerprint density at radius 3 is 2.79 bits per heavy atom. The van der Waals surface area contributed by atoms with E-state index in [0.717, 1.165) is 11.1 Å². The van der Waals surface area contributed by atoms with Crippen molar-refractivity contribution < 1.29 is 4.74 Å². The fourth-order valence-electron chi connectivity index (χ4n) is 2.70. The first-order valence-electron chi connectivity index (χ1n) is 7.73. The molecule has 1 atom stereocenters. The van der Waals surface area contributed by atoms with Crippen LogP contribution in [0.3, 0.4) is 0 Å². The fraction of sp³-hybridized carbons (Fsp3) is 0.278. The summed E-state index contributed by atoms with van der Waals surface area (Å²) in [6.45, 7) is 3.87. The van der Waals surface area contributed by atoms with Gasteiger partial charge in [-0.25, -0.2) is 4.99 Å². The van der Waals surface area contributed by atoms with Gasteiger partial charge in [0.1, 0.15) is 0 Å². The lowest BCUT2D eigenvalue weighted by Crippen LogP contribution is -2.34. The van der Waals surface area contributed by atoms with E-state index in [2.05, 4.69) is 28.5 Å². The van der Waals surface area contributed by atoms with Crippen molar-refractivity contribution in [2.45, 2.75) is 32.7 Å². The minimum absolute atomic E-state index is 0.0630. The minimum atomic E-state index is -0.0630. The van der Waals surface area contributed by atoms with Crippen molar-refractivity contribution in [3.63, 3.8) is 0 Å². The normalized spacial score (nSPS) is 15.2. The summed E-state index contributed by atoms with van der Waals surface area (Å²) in [6.07, 6.45) is 0. The topological polar surface area (TPSA) is 59.6 Å². The molecule has 4 nitrogen and oxygen atoms in total. The highest BCUT2D eigenvalue weighted by atomic mass is 35.5. The molecule has 24 heavy (non-hydrogen) atoms. The van der Waals surface area contributed by atoms with Crippen molar-refractivity contribution in [2.75, 3.05) is 0 Å². The van der Waals surface area contributed by atoms with Crippen molar-refractivity contribution in [3.05, 3.63) is 68.7 Å². The summed E-state index contributed by atoms with van der Waals surface area (Å²) < 4.78 is 5.42. The lowest BCUT2D eigenvalue weighted by Gasteiger charge is -2.16. The molecule has 2 aromatic rings. The largest absolute Gasteiger partial charge is 0.372 e. The standard InChI is InChI=1S/C18H19Cl2N3O/c1-11(16-5-4-15(19)7-17(16)20)23-18(21)22-8-12-2-3-13-9-24-10-14(13)6-12/h2-7,11H,8-10H2,1H3,(H3,21,22,23). The highest BCUT2D eigenvalue weighted by Crippen LogP contribution is 2.26. The van der Waals surface area contributed by atoms with Gasteiger partial charge < -0.3 is 15.8 Å². The number of benzene rings is 2. The number of nitrogens with two attached hydrogens (primary N) is 1. The number of halogens is 2. The van der Waals surface area contributed by atoms with E-state index in [1.54, 1.807) is 12.1 Å². The second-order valence-electron chi connectivity index (χ2n) is 5.83. The molecule has 1 aliphatic heterocycles. The van der Waals surface area contributed by atoms with Gasteiger partial charge in [0.25, 0.3) is 0 Å². The van der Waals surface area contributed by atoms with Crippen molar-refractivity contribution in [2.24, 2.45) is 10.7 Å². The van der Waals surface area contributed by atoms with Gasteiger partial charge in [0, 0.05) is 10.0 Å². The number of aliphatic imine (C=N–C) groups is 1. The molecule has 0 amide bonds. The highest BCUT2D eigenvalue weighted by Gasteiger charge is 2.12. The number of hydrogen-bond acceptors (Lipinski definition) is 2. The highest BCUT2D eigenvalue weighted by molar-refractivity contribution is 6.35. The van der Waals surface area contributed by atoms with E-state index in [9.17, 15) is 0 Å². The fourth-order valence-corrected chi connectivity index (χ4v) is 3.27. The number of rotatable bonds is 4. The molecule has 1 aliphatic rings. The number of nitrogens with zero attached hydrogens (tertiary/aromatic N) is 1. The van der Waals surface area contributed by atoms with Gasteiger partial charge in [0.15, 0.2) is 5.96 Å². The maximum absolute atomic E-state index is 6.22. The molecular formula is C18H19Cl2N3O. The van der Waals surface area contributed by atoms with Gasteiger partial charge in [-0.3, -0.25) is 0 Å². The molecule has 0 radical (unpaired) electrons. The van der Waals surface area contributed by atoms with Crippen LogP contribution < -0.4 is 11.1 Å². The van der Waals surface area contributed by atoms with Crippen LogP contribution in [-0.4, -0.2) is 5.96 Å². The molecule has 0 saturated heterocycles. The Labute approximate surface area is 151 Å². The van der Waals surface area contributed by atoms with Crippen molar-refractivity contribution in [1.29, 1.82) is 0 Å². The minimum Gasteiger partial charge on any atom is -0.372 e. The Morgan fingerprint density at radius 2 is 2.00 bits per heavy atom. The van der Waals surface area contributed by atoms with Crippen LogP contribution >= 0.6 is 23.2 Å². The van der Waals surface area contributed by atoms with E-state index >= 15 is 0 Å². The van der Waals surface area contributed by atoms with Crippen molar-refractivity contribution >= 4 is 29.2 Å². The van der Waals surface area contributed by atoms with Crippen LogP contribution in [0.15, 0.2) is 41.4 Å². The Morgan fingerprint density at radius 1 is 1.21 bits per heavy atom. The molecular weight excluding hydrogens is 345 g/mol. The molecule has 2 aromatic carbocycles. The van der Waals surface area contributed by atoms with Gasteiger partial charge in [-0.05, 0) is 41.3 Å². The molecule has 3 N–H and O–H groups in total. The molecule has 6 heteroatoms. The maximum atomic E-state index is 6.22. The van der Waals surface area contributed by atoms with Crippen molar-refractivity contribution in [3.8, 4) is 0 Å². The van der Waals surface area contributed by atoms with Gasteiger partial charge in [0.2, 0.25) is 0 Å². The Kier molecular flexibility index (Phi) is 5.29. The van der Waals surface area contributed by atoms with Gasteiger partial charge in [-0.15, -0.1) is 0 Å². The number of fused-ring (bicyclic) bond motifs is 1. The van der Waals surface area contributed by atoms with E-state index in [1.807, 2.05) is 13.0 Å². The quantitative estimate of drug-likeness (QED) is 0.632. The van der Waals surface area contributed by atoms with Crippen LogP contribution in [0.4, 0.5) is 0 Å². The van der Waals surface area contributed by atoms with E-state index < -0.39 is 0 Å². The second-order valence-corrected chi connectivity index (χ2v) is 6.67. The SMILES string of the molecule is CC(NC(N)=NCc1ccc2c(c1)COC2)c1ccc(Cl)cc1Cl. The molecule has 0 fully saturated rings. The summed E-state index contributed by atoms with van der Waals surface area (Å²) >= 11 is 12.1. The smallest absolute Gasteiger partial charge is 0.189 e. The summed E-state index contributed by atoms with van der Waals surface area (Å²) in [5.41, 5.74) is 10.5. The zero-order valence-corrected chi connectivity index (χ0v) is 14.9. The van der Waals surface area contributed by atoms with Crippen LogP contribution in [0.5, 0.6) is 0 Å². The predicted octanol–water partition coefficient (Wildman–Crippen LogP) is 4.19. The molecule has 0 aliphatic carbocycles. The zero-order chi connectivity index (χ0) is 17.1. The summed E-state index contributed by atoms with van der Waals surface area (Å²) in [7, 11) is 0. The number of hydrogen-bond donors (Lipinski definition) is 2. The predicted molar refractivity (Wildman–Crippen MR) is 98.3 cm³/mol. The third kappa shape index (κ3) is 4.01. The molecule has 3 rings (SSSR count). The molecule has 0 bridgehead atoms. The van der Waals surface area contributed by atoms with Gasteiger partial charge in [-0.2, -0.15) is 0 Å². The summed E-state index contributed by atoms with van der Waals surface area (Å²) in [5, 5.41) is 4.37. The lowest BCUT2D eigenvalue weighted by atomic mass is 10.1. The third-order valence-corrected chi connectivity index (χ3v) is 4.57. The average Bonchev–Trinajstić information content (AvgIpc) is 3.00. The molecule has 126 valence electrons. The molecule has 1 unspecified atom stereocenters. The van der Waals surface area contributed by atoms with E-state index in [-0.39, 0.29) is 6.04 Å². The van der Waals surface area contributed by atoms with Gasteiger partial charge in [0.05, 0.1) is 25.8 Å². The molecule has 0 spiro atoms. The Balaban J connectivity index is 1.63. The van der Waals surface area contributed by atoms with E-state index in [1.165, 1.54) is 11.1 Å². The van der Waals surface area contributed by atoms with E-state index in [0.29, 0.717) is 35.8 Å². The average molecular weight is 364 g/mol. The summed E-state index contributed by atoms with van der Waals surface area (Å²) in [4.78, 5) is 4.41. The number of ether oxygens (including phenoxy) is 1. The lowest BCUT2D eigenvalue weighted by molar-refractivity contribution is 0.134. The van der Waals surface area contributed by atoms with Gasteiger partial charge >= 0.3 is 0 Å². The van der Waals surface area contributed by atoms with E-state index in [4.69, 9.17) is 33.7 Å². The Hall–Kier alpha value is -1.75. The third-order valence-electron chi connectivity index (χ3n) is 4.01. The van der Waals surface area contributed by atoms with Gasteiger partial charge in [-0.1, -0.05) is 47.5 Å². The molecule has 1 heterocycles. The van der Waals surface area contributed by atoms with Crippen LogP contribution in [-0.2, 0) is 24.5 Å². The first-order chi connectivity index (χ1) is 11.5.